The van der Waals surface area contributed by atoms with Crippen LogP contribution in [0.3, 0.4) is 0 Å². The molecular weight excluding hydrogens is 270 g/mol. The molecule has 0 bridgehead atoms. The van der Waals surface area contributed by atoms with Gasteiger partial charge in [-0.05, 0) is 19.4 Å². The summed E-state index contributed by atoms with van der Waals surface area (Å²) in [6.45, 7) is 4.65. The lowest BCUT2D eigenvalue weighted by atomic mass is 10.1. The van der Waals surface area contributed by atoms with E-state index in [-0.39, 0.29) is 5.91 Å². The SMILES string of the molecule is O=C1CCN(Cc2noc3c2COCC3)CCCCCN1. The Morgan fingerprint density at radius 2 is 2.14 bits per heavy atom. The highest BCUT2D eigenvalue weighted by molar-refractivity contribution is 5.76. The van der Waals surface area contributed by atoms with E-state index in [2.05, 4.69) is 15.4 Å². The molecule has 0 aliphatic carbocycles. The van der Waals surface area contributed by atoms with Crippen molar-refractivity contribution in [3.8, 4) is 0 Å². The van der Waals surface area contributed by atoms with Crippen LogP contribution in [0.4, 0.5) is 0 Å². The molecule has 3 rings (SSSR count). The van der Waals surface area contributed by atoms with Crippen LogP contribution in [0.5, 0.6) is 0 Å². The molecule has 0 aromatic carbocycles. The molecule has 2 aliphatic heterocycles. The third-order valence-corrected chi connectivity index (χ3v) is 4.17. The van der Waals surface area contributed by atoms with Crippen LogP contribution in [0.1, 0.15) is 42.7 Å². The molecule has 0 unspecified atom stereocenters. The zero-order valence-electron chi connectivity index (χ0n) is 12.4. The molecule has 1 aromatic rings. The number of carbonyl (C=O) groups excluding carboxylic acids is 1. The van der Waals surface area contributed by atoms with Crippen LogP contribution in [-0.2, 0) is 29.1 Å². The van der Waals surface area contributed by atoms with Gasteiger partial charge in [0.1, 0.15) is 11.5 Å². The summed E-state index contributed by atoms with van der Waals surface area (Å²) in [5.41, 5.74) is 2.09. The van der Waals surface area contributed by atoms with Crippen LogP contribution < -0.4 is 5.32 Å². The van der Waals surface area contributed by atoms with Crippen LogP contribution in [0.2, 0.25) is 0 Å². The third kappa shape index (κ3) is 3.83. The second kappa shape index (κ2) is 7.04. The molecule has 2 aliphatic rings. The Labute approximate surface area is 124 Å². The summed E-state index contributed by atoms with van der Waals surface area (Å²) >= 11 is 0. The van der Waals surface area contributed by atoms with Gasteiger partial charge in [0.2, 0.25) is 5.91 Å². The Balaban J connectivity index is 1.63. The average molecular weight is 293 g/mol. The highest BCUT2D eigenvalue weighted by atomic mass is 16.5. The van der Waals surface area contributed by atoms with Crippen molar-refractivity contribution in [3.05, 3.63) is 17.0 Å². The van der Waals surface area contributed by atoms with Crippen molar-refractivity contribution in [2.24, 2.45) is 0 Å². The number of aromatic nitrogens is 1. The third-order valence-electron chi connectivity index (χ3n) is 4.17. The van der Waals surface area contributed by atoms with Gasteiger partial charge in [0.25, 0.3) is 0 Å². The van der Waals surface area contributed by atoms with Gasteiger partial charge in [-0.3, -0.25) is 9.69 Å². The Hall–Kier alpha value is -1.40. The Bertz CT molecular complexity index is 487. The van der Waals surface area contributed by atoms with Gasteiger partial charge < -0.3 is 14.6 Å². The van der Waals surface area contributed by atoms with Crippen molar-refractivity contribution in [2.75, 3.05) is 26.2 Å². The van der Waals surface area contributed by atoms with Gasteiger partial charge in [-0.25, -0.2) is 0 Å². The molecule has 116 valence electrons. The number of carbonyl (C=O) groups is 1. The van der Waals surface area contributed by atoms with E-state index in [0.29, 0.717) is 19.6 Å². The van der Waals surface area contributed by atoms with E-state index in [4.69, 9.17) is 9.26 Å². The fourth-order valence-electron chi connectivity index (χ4n) is 2.90. The summed E-state index contributed by atoms with van der Waals surface area (Å²) in [5, 5.41) is 7.17. The first-order valence-corrected chi connectivity index (χ1v) is 7.86. The average Bonchev–Trinajstić information content (AvgIpc) is 2.91. The lowest BCUT2D eigenvalue weighted by Crippen LogP contribution is -2.33. The standard InChI is InChI=1S/C15H23N3O3/c19-15-4-8-18(7-3-1-2-6-16-15)10-13-12-11-20-9-5-14(12)21-17-13/h1-11H2,(H,16,19). The van der Waals surface area contributed by atoms with Gasteiger partial charge in [0.15, 0.2) is 0 Å². The van der Waals surface area contributed by atoms with E-state index < -0.39 is 0 Å². The quantitative estimate of drug-likeness (QED) is 0.888. The Morgan fingerprint density at radius 1 is 1.19 bits per heavy atom. The van der Waals surface area contributed by atoms with Crippen molar-refractivity contribution in [3.63, 3.8) is 0 Å². The van der Waals surface area contributed by atoms with Gasteiger partial charge >= 0.3 is 0 Å². The highest BCUT2D eigenvalue weighted by Crippen LogP contribution is 2.22. The lowest BCUT2D eigenvalue weighted by molar-refractivity contribution is -0.121. The zero-order valence-corrected chi connectivity index (χ0v) is 12.4. The minimum Gasteiger partial charge on any atom is -0.376 e. The van der Waals surface area contributed by atoms with Gasteiger partial charge in [0, 0.05) is 38.0 Å². The van der Waals surface area contributed by atoms with E-state index in [1.165, 1.54) is 0 Å². The molecule has 6 nitrogen and oxygen atoms in total. The van der Waals surface area contributed by atoms with E-state index in [9.17, 15) is 4.79 Å². The first-order valence-electron chi connectivity index (χ1n) is 7.86. The maximum Gasteiger partial charge on any atom is 0.221 e. The second-order valence-electron chi connectivity index (χ2n) is 5.77. The minimum atomic E-state index is 0.146. The van der Waals surface area contributed by atoms with E-state index in [1.54, 1.807) is 0 Å². The topological polar surface area (TPSA) is 67.6 Å². The molecule has 1 fully saturated rings. The molecule has 1 N–H and O–H groups in total. The number of fused-ring (bicyclic) bond motifs is 1. The molecule has 3 heterocycles. The number of hydrogen-bond acceptors (Lipinski definition) is 5. The lowest BCUT2D eigenvalue weighted by Gasteiger charge is -2.23. The summed E-state index contributed by atoms with van der Waals surface area (Å²) in [4.78, 5) is 14.0. The number of rotatable bonds is 2. The van der Waals surface area contributed by atoms with Crippen molar-refractivity contribution >= 4 is 5.91 Å². The first kappa shape index (κ1) is 14.5. The van der Waals surface area contributed by atoms with Crippen LogP contribution in [0, 0.1) is 0 Å². The fraction of sp³-hybridized carbons (Fsp3) is 0.733. The normalized spacial score (nSPS) is 21.6. The van der Waals surface area contributed by atoms with Crippen LogP contribution in [0.25, 0.3) is 0 Å². The van der Waals surface area contributed by atoms with Gasteiger partial charge in [-0.15, -0.1) is 0 Å². The second-order valence-corrected chi connectivity index (χ2v) is 5.77. The Morgan fingerprint density at radius 3 is 3.10 bits per heavy atom. The maximum absolute atomic E-state index is 11.7. The van der Waals surface area contributed by atoms with Gasteiger partial charge in [-0.2, -0.15) is 0 Å². The number of hydrogen-bond donors (Lipinski definition) is 1. The molecule has 0 spiro atoms. The van der Waals surface area contributed by atoms with Crippen molar-refractivity contribution in [1.29, 1.82) is 0 Å². The summed E-state index contributed by atoms with van der Waals surface area (Å²) in [7, 11) is 0. The highest BCUT2D eigenvalue weighted by Gasteiger charge is 2.21. The maximum atomic E-state index is 11.7. The number of ether oxygens (including phenoxy) is 1. The molecule has 1 amide bonds. The largest absolute Gasteiger partial charge is 0.376 e. The van der Waals surface area contributed by atoms with E-state index in [1.807, 2.05) is 0 Å². The number of nitrogens with one attached hydrogen (secondary N) is 1. The van der Waals surface area contributed by atoms with Crippen molar-refractivity contribution in [1.82, 2.24) is 15.4 Å². The first-order chi connectivity index (χ1) is 10.3. The van der Waals surface area contributed by atoms with Crippen molar-refractivity contribution in [2.45, 2.75) is 45.3 Å². The molecule has 0 radical (unpaired) electrons. The van der Waals surface area contributed by atoms with Crippen LogP contribution in [0.15, 0.2) is 4.52 Å². The van der Waals surface area contributed by atoms with Gasteiger partial charge in [0.05, 0.1) is 13.2 Å². The fourth-order valence-corrected chi connectivity index (χ4v) is 2.90. The van der Waals surface area contributed by atoms with Crippen LogP contribution in [-0.4, -0.2) is 42.2 Å². The van der Waals surface area contributed by atoms with E-state index >= 15 is 0 Å². The molecule has 21 heavy (non-hydrogen) atoms. The van der Waals surface area contributed by atoms with Crippen molar-refractivity contribution < 1.29 is 14.1 Å². The summed E-state index contributed by atoms with van der Waals surface area (Å²) in [6, 6.07) is 0. The zero-order chi connectivity index (χ0) is 14.5. The Kier molecular flexibility index (Phi) is 4.87. The number of nitrogens with zero attached hydrogens (tertiary/aromatic N) is 2. The monoisotopic (exact) mass is 293 g/mol. The number of amides is 1. The summed E-state index contributed by atoms with van der Waals surface area (Å²) in [5.74, 6) is 1.11. The van der Waals surface area contributed by atoms with E-state index in [0.717, 1.165) is 68.9 Å². The predicted molar refractivity (Wildman–Crippen MR) is 76.6 cm³/mol. The molecule has 1 aromatic heterocycles. The van der Waals surface area contributed by atoms with Gasteiger partial charge in [-0.1, -0.05) is 11.6 Å². The molecule has 1 saturated heterocycles. The molecule has 0 saturated carbocycles. The van der Waals surface area contributed by atoms with Crippen LogP contribution >= 0.6 is 0 Å². The predicted octanol–water partition coefficient (Wildman–Crippen LogP) is 1.24. The molecular formula is C15H23N3O3. The smallest absolute Gasteiger partial charge is 0.221 e. The molecule has 6 heteroatoms. The molecule has 0 atom stereocenters. The summed E-state index contributed by atoms with van der Waals surface area (Å²) < 4.78 is 10.9. The summed E-state index contributed by atoms with van der Waals surface area (Å²) in [6.07, 6.45) is 4.73. The minimum absolute atomic E-state index is 0.146.